The summed E-state index contributed by atoms with van der Waals surface area (Å²) in [7, 11) is -4.32. The van der Waals surface area contributed by atoms with Crippen molar-refractivity contribution < 1.29 is 169 Å². The number of carbonyl (C=O) groups excluding carboxylic acids is 2. The molecule has 0 radical (unpaired) electrons. The van der Waals surface area contributed by atoms with Gasteiger partial charge in [-0.2, -0.15) is 0 Å². The number of methoxy groups -OCH3 is 1. The Bertz CT molecular complexity index is 2680. The largest absolute Gasteiger partial charge is 1.00 e. The summed E-state index contributed by atoms with van der Waals surface area (Å²) < 4.78 is 120. The summed E-state index contributed by atoms with van der Waals surface area (Å²) in [4.78, 5) is 27.6. The summed E-state index contributed by atoms with van der Waals surface area (Å²) >= 11 is 0. The van der Waals surface area contributed by atoms with Crippen LogP contribution in [0, 0.1) is 45.3 Å². The van der Waals surface area contributed by atoms with E-state index in [4.69, 9.17) is 65.8 Å². The molecule has 0 aromatic carbocycles. The van der Waals surface area contributed by atoms with Crippen molar-refractivity contribution in [3.8, 4) is 0 Å². The molecule has 10 N–H and O–H groups in total. The second kappa shape index (κ2) is 28.1. The van der Waals surface area contributed by atoms with Gasteiger partial charge in [0, 0.05) is 19.4 Å². The van der Waals surface area contributed by atoms with Crippen molar-refractivity contribution in [2.45, 2.75) is 273 Å². The van der Waals surface area contributed by atoms with E-state index in [0.717, 1.165) is 18.4 Å². The molecule has 3 saturated carbocycles. The number of aliphatic hydroxyl groups is 10. The zero-order chi connectivity index (χ0) is 65.7. The van der Waals surface area contributed by atoms with Crippen molar-refractivity contribution in [3.63, 3.8) is 0 Å². The van der Waals surface area contributed by atoms with Gasteiger partial charge >= 0.3 is 41.5 Å². The first-order valence-corrected chi connectivity index (χ1v) is 32.9. The molecule has 0 amide bonds. The fourth-order valence-corrected chi connectivity index (χ4v) is 18.1. The maximum atomic E-state index is 14.8. The molecule has 4 aliphatic carbocycles. The Balaban J connectivity index is 0.00000980. The van der Waals surface area contributed by atoms with Gasteiger partial charge in [0.25, 0.3) is 0 Å². The van der Waals surface area contributed by atoms with E-state index in [9.17, 15) is 73.6 Å². The molecule has 6 aliphatic heterocycles. The van der Waals surface area contributed by atoms with Crippen molar-refractivity contribution in [2.75, 3.05) is 33.5 Å². The molecule has 9 fully saturated rings. The van der Waals surface area contributed by atoms with Crippen LogP contribution in [0.25, 0.3) is 0 Å². The van der Waals surface area contributed by atoms with E-state index in [2.05, 4.69) is 47.6 Å². The molecular formula is C60H95NaO29S. The predicted molar refractivity (Wildman–Crippen MR) is 301 cm³/mol. The smallest absolute Gasteiger partial charge is 0.726 e. The second-order valence-corrected chi connectivity index (χ2v) is 29.4. The molecule has 31 atom stereocenters. The maximum absolute atomic E-state index is 14.8. The molecular weight excluding hydrogens is 1240 g/mol. The van der Waals surface area contributed by atoms with Crippen LogP contribution in [0.2, 0.25) is 0 Å². The Hall–Kier alpha value is -1.29. The summed E-state index contributed by atoms with van der Waals surface area (Å²) in [5.41, 5.74) is -2.39. The minimum absolute atomic E-state index is 0. The fraction of sp³-hybridized carbons (Fsp3) is 0.933. The fourth-order valence-electron chi connectivity index (χ4n) is 17.7. The minimum atomic E-state index is -5.51. The number of rotatable bonds is 19. The van der Waals surface area contributed by atoms with Gasteiger partial charge in [-0.25, -0.2) is 8.42 Å². The average Bonchev–Trinajstić information content (AvgIpc) is 1.52. The number of carbonyl (C=O) groups is 2. The first-order valence-electron chi connectivity index (χ1n) is 31.6. The van der Waals surface area contributed by atoms with Crippen LogP contribution in [-0.2, 0) is 85.8 Å². The molecule has 0 aromatic rings. The number of allylic oxidation sites excluding steroid dienone is 2. The van der Waals surface area contributed by atoms with Crippen molar-refractivity contribution >= 4 is 22.3 Å². The van der Waals surface area contributed by atoms with Crippen LogP contribution in [0.4, 0.5) is 0 Å². The van der Waals surface area contributed by atoms with Crippen molar-refractivity contribution in [3.05, 3.63) is 11.6 Å². The molecule has 91 heavy (non-hydrogen) atoms. The van der Waals surface area contributed by atoms with Crippen LogP contribution in [0.1, 0.15) is 120 Å². The Labute approximate surface area is 552 Å². The van der Waals surface area contributed by atoms with Crippen LogP contribution in [0.15, 0.2) is 11.6 Å². The van der Waals surface area contributed by atoms with Gasteiger partial charge < -0.3 is 117 Å². The van der Waals surface area contributed by atoms with Crippen LogP contribution in [-0.4, -0.2) is 263 Å². The monoisotopic (exact) mass is 1330 g/mol. The van der Waals surface area contributed by atoms with Gasteiger partial charge in [0.05, 0.1) is 50.0 Å². The van der Waals surface area contributed by atoms with E-state index in [-0.39, 0.29) is 58.7 Å². The summed E-state index contributed by atoms with van der Waals surface area (Å²) in [6.07, 6.45) is -31.2. The Morgan fingerprint density at radius 3 is 1.98 bits per heavy atom. The van der Waals surface area contributed by atoms with Gasteiger partial charge in [0.15, 0.2) is 31.5 Å². The average molecular weight is 1340 g/mol. The van der Waals surface area contributed by atoms with Gasteiger partial charge in [-0.15, -0.1) is 0 Å². The van der Waals surface area contributed by atoms with E-state index in [1.807, 2.05) is 6.92 Å². The number of hydrogen-bond acceptors (Lipinski definition) is 29. The van der Waals surface area contributed by atoms with E-state index in [0.29, 0.717) is 50.9 Å². The number of hydrogen-bond donors (Lipinski definition) is 10. The standard InChI is InChI=1S/C60H96O29S.Na/c1-25(2)12-11-17-59(9)49-32(81-27(4)62)20-58(8)29-13-14-35-56(5,6)36(16-18-57(35,7)28(29)15-19-60(49,58)55(72)88-59)83-53-47(39(67)34(24-79-53)89-90(73,74)75)87-54-48(86-50-40(68)37(65)30(63)22-77-50)41(69)44(26(3)80-54)84-51-42(70)45(31(64)23-78-51)85-52-43(71)46(76-10)38(66)33(21-61)82-52;/h13,25-26,28,30-54,61,63-71H,11-12,14-24H2,1-10H3,(H,73,74,75);/q;+1/p-1/t26?,28?,30?,31?,32-,33?,34?,35?,36-,37?,38?,39?,40?,41?,42?,43?,44?,45?,46?,47?,48?,49+,50?,51?,52?,53?,54?,57+,58-,59-,60?;/m0./s1. The molecule has 6 heterocycles. The zero-order valence-corrected chi connectivity index (χ0v) is 56.4. The molecule has 6 saturated heterocycles. The number of esters is 2. The van der Waals surface area contributed by atoms with Crippen LogP contribution >= 0.6 is 0 Å². The quantitative estimate of drug-likeness (QED) is 0.0193. The molecule has 29 nitrogen and oxygen atoms in total. The second-order valence-electron chi connectivity index (χ2n) is 28.4. The minimum Gasteiger partial charge on any atom is -0.726 e. The van der Waals surface area contributed by atoms with Gasteiger partial charge in [-0.05, 0) is 93.8 Å². The molecule has 516 valence electrons. The maximum Gasteiger partial charge on any atom is 1.00 e. The summed E-state index contributed by atoms with van der Waals surface area (Å²) in [6, 6.07) is 0. The number of ether oxygens (including phenoxy) is 13. The van der Waals surface area contributed by atoms with Gasteiger partial charge in [-0.3, -0.25) is 13.8 Å². The Kier molecular flexibility index (Phi) is 22.9. The summed E-state index contributed by atoms with van der Waals surface area (Å²) in [5, 5.41) is 111. The first-order chi connectivity index (χ1) is 42.2. The number of aliphatic hydroxyl groups excluding tert-OH is 10. The van der Waals surface area contributed by atoms with Crippen LogP contribution < -0.4 is 29.6 Å². The summed E-state index contributed by atoms with van der Waals surface area (Å²) in [5.74, 6) is -0.646. The topological polar surface area (TPSA) is 423 Å². The third-order valence-electron chi connectivity index (χ3n) is 22.1. The van der Waals surface area contributed by atoms with E-state index < -0.39 is 212 Å². The molecule has 31 heteroatoms. The van der Waals surface area contributed by atoms with E-state index >= 15 is 0 Å². The summed E-state index contributed by atoms with van der Waals surface area (Å²) in [6.45, 7) is 15.1. The Morgan fingerprint density at radius 2 is 1.33 bits per heavy atom. The van der Waals surface area contributed by atoms with Crippen molar-refractivity contribution in [1.82, 2.24) is 0 Å². The molecule has 25 unspecified atom stereocenters. The van der Waals surface area contributed by atoms with Gasteiger partial charge in [-0.1, -0.05) is 59.6 Å². The predicted octanol–water partition coefficient (Wildman–Crippen LogP) is -4.18. The van der Waals surface area contributed by atoms with Crippen LogP contribution in [0.3, 0.4) is 0 Å². The van der Waals surface area contributed by atoms with Gasteiger partial charge in [0.2, 0.25) is 10.4 Å². The first kappa shape index (κ1) is 73.9. The van der Waals surface area contributed by atoms with Crippen molar-refractivity contribution in [2.24, 2.45) is 45.3 Å². The normalized spacial score (nSPS) is 49.7. The van der Waals surface area contributed by atoms with E-state index in [1.54, 1.807) is 0 Å². The molecule has 0 aromatic heterocycles. The van der Waals surface area contributed by atoms with Crippen molar-refractivity contribution in [1.29, 1.82) is 0 Å². The van der Waals surface area contributed by atoms with E-state index in [1.165, 1.54) is 21.0 Å². The number of cyclic esters (lactones) is 1. The van der Waals surface area contributed by atoms with Crippen LogP contribution in [0.5, 0.6) is 0 Å². The molecule has 10 rings (SSSR count). The van der Waals surface area contributed by atoms with Gasteiger partial charge in [0.1, 0.15) is 109 Å². The third-order valence-corrected chi connectivity index (χ3v) is 22.6. The molecule has 1 spiro atoms. The SMILES string of the molecule is COC1C(O)C(CO)OC(OC2C(O)COC(OC3C(C)OC(OC4C(O[C@H]5CC[C@]6(C)C7CCC89C(=O)O[C@@](C)(CCCC(C)C)[C@H]8[C@@H](OC(C)=O)C[C@@]9(C)C7=CCC6C5(C)C)OCC(OS(=O)(=O)[O-])C4O)C(OC4OCC(O)C(O)C4O)C3O)C2O)C1O.[Na+]. The molecule has 0 bridgehead atoms. The third kappa shape index (κ3) is 13.6. The Morgan fingerprint density at radius 1 is 0.714 bits per heavy atom. The molecule has 10 aliphatic rings. The zero-order valence-electron chi connectivity index (χ0n) is 53.6. The number of fused-ring (bicyclic) bond motifs is 4.